The summed E-state index contributed by atoms with van der Waals surface area (Å²) in [5.41, 5.74) is 1.20. The van der Waals surface area contributed by atoms with Gasteiger partial charge in [0, 0.05) is 0 Å². The highest BCUT2D eigenvalue weighted by Crippen LogP contribution is 2.47. The molecule has 19 heavy (non-hydrogen) atoms. The molecule has 0 saturated carbocycles. The first-order valence-electron chi connectivity index (χ1n) is 6.10. The zero-order chi connectivity index (χ0) is 13.4. The minimum atomic E-state index is -0.932. The van der Waals surface area contributed by atoms with Gasteiger partial charge in [-0.3, -0.25) is 9.59 Å². The minimum Gasteiger partial charge on any atom is -0.481 e. The van der Waals surface area contributed by atoms with E-state index in [1.165, 1.54) is 16.9 Å². The number of amidine groups is 1. The van der Waals surface area contributed by atoms with Crippen molar-refractivity contribution in [2.75, 3.05) is 5.75 Å². The second-order valence-corrected chi connectivity index (χ2v) is 6.61. The number of carbonyl (C=O) groups is 2. The van der Waals surface area contributed by atoms with Crippen LogP contribution in [-0.4, -0.2) is 32.9 Å². The maximum atomic E-state index is 12.1. The molecule has 3 aliphatic rings. The number of amides is 1. The summed E-state index contributed by atoms with van der Waals surface area (Å²) in [5.74, 6) is -1.50. The van der Waals surface area contributed by atoms with Crippen LogP contribution in [0.15, 0.2) is 20.5 Å². The molecular weight excluding hydrogens is 284 g/mol. The monoisotopic (exact) mass is 296 g/mol. The van der Waals surface area contributed by atoms with Crippen LogP contribution in [0.3, 0.4) is 0 Å². The largest absolute Gasteiger partial charge is 0.481 e. The van der Waals surface area contributed by atoms with Gasteiger partial charge in [-0.25, -0.2) is 4.99 Å². The molecular formula is C12H12N2O3S2. The van der Waals surface area contributed by atoms with Crippen molar-refractivity contribution in [2.24, 2.45) is 15.9 Å². The Balaban J connectivity index is 1.81. The molecule has 1 amide bonds. The molecule has 0 radical (unpaired) electrons. The van der Waals surface area contributed by atoms with E-state index in [9.17, 15) is 9.59 Å². The van der Waals surface area contributed by atoms with E-state index in [1.54, 1.807) is 11.8 Å². The van der Waals surface area contributed by atoms with Gasteiger partial charge in [-0.15, -0.1) is 0 Å². The number of rotatable bonds is 2. The molecule has 0 aromatic carbocycles. The summed E-state index contributed by atoms with van der Waals surface area (Å²) < 4.78 is 0. The maximum absolute atomic E-state index is 12.1. The van der Waals surface area contributed by atoms with Crippen molar-refractivity contribution in [3.8, 4) is 0 Å². The zero-order valence-corrected chi connectivity index (χ0v) is 11.7. The fourth-order valence-corrected chi connectivity index (χ4v) is 4.44. The van der Waals surface area contributed by atoms with Gasteiger partial charge >= 0.3 is 5.97 Å². The number of nitrogens with zero attached hydrogens (tertiary/aromatic N) is 2. The Kier molecular flexibility index (Phi) is 3.49. The highest BCUT2D eigenvalue weighted by Gasteiger charge is 2.40. The first-order valence-corrected chi connectivity index (χ1v) is 7.91. The number of hydrogen-bond acceptors (Lipinski definition) is 5. The van der Waals surface area contributed by atoms with Crippen LogP contribution in [0.5, 0.6) is 0 Å². The number of allylic oxidation sites excluding steroid dienone is 1. The molecule has 0 bridgehead atoms. The van der Waals surface area contributed by atoms with Gasteiger partial charge in [0.05, 0.1) is 10.8 Å². The van der Waals surface area contributed by atoms with Crippen molar-refractivity contribution in [3.63, 3.8) is 0 Å². The Morgan fingerprint density at radius 2 is 2.16 bits per heavy atom. The molecule has 1 aliphatic carbocycles. The van der Waals surface area contributed by atoms with Crippen LogP contribution in [-0.2, 0) is 9.59 Å². The van der Waals surface area contributed by atoms with Gasteiger partial charge in [0.1, 0.15) is 5.92 Å². The van der Waals surface area contributed by atoms with Crippen molar-refractivity contribution in [1.29, 1.82) is 0 Å². The predicted octanol–water partition coefficient (Wildman–Crippen LogP) is 2.29. The summed E-state index contributed by atoms with van der Waals surface area (Å²) in [6.45, 7) is 0. The van der Waals surface area contributed by atoms with Gasteiger partial charge in [-0.05, 0) is 36.2 Å². The second kappa shape index (κ2) is 5.13. The Morgan fingerprint density at radius 1 is 1.37 bits per heavy atom. The van der Waals surface area contributed by atoms with Crippen LogP contribution in [0.25, 0.3) is 0 Å². The van der Waals surface area contributed by atoms with Crippen LogP contribution in [0, 0.1) is 5.92 Å². The van der Waals surface area contributed by atoms with Gasteiger partial charge in [-0.2, -0.15) is 4.99 Å². The van der Waals surface area contributed by atoms with E-state index in [0.29, 0.717) is 0 Å². The molecule has 5 nitrogen and oxygen atoms in total. The molecule has 2 heterocycles. The molecule has 2 aliphatic heterocycles. The van der Waals surface area contributed by atoms with Crippen molar-refractivity contribution >= 4 is 45.6 Å². The van der Waals surface area contributed by atoms with E-state index < -0.39 is 5.97 Å². The lowest BCUT2D eigenvalue weighted by molar-refractivity contribution is -0.133. The topological polar surface area (TPSA) is 79.1 Å². The quantitative estimate of drug-likeness (QED) is 0.845. The van der Waals surface area contributed by atoms with E-state index in [-0.39, 0.29) is 22.7 Å². The molecule has 100 valence electrons. The number of carboxylic acids is 1. The molecule has 0 aromatic rings. The van der Waals surface area contributed by atoms with E-state index in [2.05, 4.69) is 9.98 Å². The van der Waals surface area contributed by atoms with Gasteiger partial charge in [0.15, 0.2) is 5.17 Å². The summed E-state index contributed by atoms with van der Waals surface area (Å²) in [7, 11) is 0. The SMILES string of the molecule is O=C(O)CSC1=NC(=O)C2C(=N1)SC1=C2CCCC1. The number of carbonyl (C=O) groups excluding carboxylic acids is 1. The van der Waals surface area contributed by atoms with Crippen LogP contribution >= 0.6 is 23.5 Å². The number of aliphatic imine (C=N–C) groups is 2. The molecule has 1 N–H and O–H groups in total. The average Bonchev–Trinajstić information content (AvgIpc) is 2.74. The standard InChI is InChI=1S/C12H12N2O3S2/c15-8(16)5-18-12-13-10(17)9-6-3-1-2-4-7(6)19-11(9)14-12/h9H,1-5H2,(H,15,16). The number of thioether (sulfide) groups is 2. The number of carboxylic acid groups (broad SMARTS) is 1. The molecule has 0 spiro atoms. The Labute approximate surface area is 118 Å². The first-order chi connectivity index (χ1) is 9.15. The number of aliphatic carboxylic acids is 1. The summed E-state index contributed by atoms with van der Waals surface area (Å²) in [6.07, 6.45) is 4.29. The molecule has 1 atom stereocenters. The van der Waals surface area contributed by atoms with E-state index >= 15 is 0 Å². The van der Waals surface area contributed by atoms with Crippen molar-refractivity contribution in [2.45, 2.75) is 25.7 Å². The van der Waals surface area contributed by atoms with Gasteiger partial charge < -0.3 is 5.11 Å². The molecule has 3 rings (SSSR count). The van der Waals surface area contributed by atoms with E-state index in [0.717, 1.165) is 36.1 Å². The van der Waals surface area contributed by atoms with Gasteiger partial charge in [0.25, 0.3) is 5.91 Å². The molecule has 1 unspecified atom stereocenters. The maximum Gasteiger partial charge on any atom is 0.313 e. The van der Waals surface area contributed by atoms with Crippen molar-refractivity contribution < 1.29 is 14.7 Å². The zero-order valence-electron chi connectivity index (χ0n) is 10.1. The molecule has 0 fully saturated rings. The fourth-order valence-electron chi connectivity index (χ4n) is 2.47. The molecule has 0 aromatic heterocycles. The fraction of sp³-hybridized carbons (Fsp3) is 0.500. The van der Waals surface area contributed by atoms with Crippen molar-refractivity contribution in [3.05, 3.63) is 10.5 Å². The number of hydrogen-bond donors (Lipinski definition) is 1. The van der Waals surface area contributed by atoms with Crippen LogP contribution in [0.4, 0.5) is 0 Å². The second-order valence-electron chi connectivity index (χ2n) is 4.56. The number of fused-ring (bicyclic) bond motifs is 2. The Hall–Kier alpha value is -1.08. The Morgan fingerprint density at radius 3 is 2.95 bits per heavy atom. The third-order valence-corrected chi connectivity index (χ3v) is 5.35. The highest BCUT2D eigenvalue weighted by molar-refractivity contribution is 8.18. The lowest BCUT2D eigenvalue weighted by Gasteiger charge is -2.17. The highest BCUT2D eigenvalue weighted by atomic mass is 32.2. The van der Waals surface area contributed by atoms with Gasteiger partial charge in [-0.1, -0.05) is 23.5 Å². The third kappa shape index (κ3) is 2.49. The van der Waals surface area contributed by atoms with E-state index in [1.807, 2.05) is 0 Å². The minimum absolute atomic E-state index is 0.120. The molecule has 7 heteroatoms. The third-order valence-electron chi connectivity index (χ3n) is 3.26. The first kappa shape index (κ1) is 12.9. The van der Waals surface area contributed by atoms with Crippen LogP contribution in [0.1, 0.15) is 25.7 Å². The van der Waals surface area contributed by atoms with Crippen LogP contribution < -0.4 is 0 Å². The van der Waals surface area contributed by atoms with Gasteiger partial charge in [0.2, 0.25) is 0 Å². The average molecular weight is 296 g/mol. The Bertz CT molecular complexity index is 551. The normalized spacial score (nSPS) is 25.7. The van der Waals surface area contributed by atoms with Crippen molar-refractivity contribution in [1.82, 2.24) is 0 Å². The summed E-state index contributed by atoms with van der Waals surface area (Å²) in [4.78, 5) is 32.2. The summed E-state index contributed by atoms with van der Waals surface area (Å²) in [5, 5.41) is 9.72. The van der Waals surface area contributed by atoms with Crippen LogP contribution in [0.2, 0.25) is 0 Å². The molecule has 0 saturated heterocycles. The summed E-state index contributed by atoms with van der Waals surface area (Å²) >= 11 is 2.59. The summed E-state index contributed by atoms with van der Waals surface area (Å²) in [6, 6.07) is 0. The smallest absolute Gasteiger partial charge is 0.313 e. The predicted molar refractivity (Wildman–Crippen MR) is 76.5 cm³/mol. The van der Waals surface area contributed by atoms with E-state index in [4.69, 9.17) is 5.11 Å². The lowest BCUT2D eigenvalue weighted by atomic mass is 9.89. The lowest BCUT2D eigenvalue weighted by Crippen LogP contribution is -2.25.